The average molecular weight is 261 g/mol. The lowest BCUT2D eigenvalue weighted by atomic mass is 10.1. The van der Waals surface area contributed by atoms with E-state index in [1.54, 1.807) is 0 Å². The maximum Gasteiger partial charge on any atom is 0.129 e. The van der Waals surface area contributed by atoms with Gasteiger partial charge in [-0.2, -0.15) is 0 Å². The van der Waals surface area contributed by atoms with Crippen LogP contribution in [0.25, 0.3) is 0 Å². The maximum absolute atomic E-state index is 4.69. The molecule has 1 aromatic rings. The van der Waals surface area contributed by atoms with Crippen LogP contribution in [0.4, 0.5) is 5.82 Å². The fourth-order valence-electron chi connectivity index (χ4n) is 2.52. The standard InChI is InChI=1S/C16H27N3/c1-5-8-17-11-14-9-12(2)18-16(10-14)19(4)13(3)15-6-7-15/h9-10,13,15,17H,5-8,11H2,1-4H3. The summed E-state index contributed by atoms with van der Waals surface area (Å²) in [6.45, 7) is 8.61. The number of pyridine rings is 1. The van der Waals surface area contributed by atoms with Crippen molar-refractivity contribution in [2.45, 2.75) is 52.6 Å². The minimum absolute atomic E-state index is 0.603. The normalized spacial score (nSPS) is 16.4. The molecule has 1 fully saturated rings. The number of aryl methyl sites for hydroxylation is 1. The van der Waals surface area contributed by atoms with Crippen molar-refractivity contribution in [1.29, 1.82) is 0 Å². The first-order valence-electron chi connectivity index (χ1n) is 7.53. The molecule has 19 heavy (non-hydrogen) atoms. The molecule has 0 saturated heterocycles. The van der Waals surface area contributed by atoms with E-state index in [4.69, 9.17) is 4.98 Å². The highest BCUT2D eigenvalue weighted by Gasteiger charge is 2.31. The van der Waals surface area contributed by atoms with Crippen molar-refractivity contribution in [2.75, 3.05) is 18.5 Å². The summed E-state index contributed by atoms with van der Waals surface area (Å²) < 4.78 is 0. The van der Waals surface area contributed by atoms with Gasteiger partial charge in [0, 0.05) is 25.3 Å². The third-order valence-electron chi connectivity index (χ3n) is 4.03. The Hall–Kier alpha value is -1.09. The smallest absolute Gasteiger partial charge is 0.129 e. The predicted molar refractivity (Wildman–Crippen MR) is 81.6 cm³/mol. The molecule has 1 N–H and O–H groups in total. The summed E-state index contributed by atoms with van der Waals surface area (Å²) in [5, 5.41) is 3.46. The zero-order valence-electron chi connectivity index (χ0n) is 12.7. The predicted octanol–water partition coefficient (Wildman–Crippen LogP) is 3.12. The minimum atomic E-state index is 0.603. The highest BCUT2D eigenvalue weighted by Crippen LogP contribution is 2.36. The van der Waals surface area contributed by atoms with Gasteiger partial charge in [0.25, 0.3) is 0 Å². The Morgan fingerprint density at radius 1 is 1.42 bits per heavy atom. The van der Waals surface area contributed by atoms with Crippen molar-refractivity contribution < 1.29 is 0 Å². The van der Waals surface area contributed by atoms with E-state index >= 15 is 0 Å². The molecule has 1 aliphatic carbocycles. The lowest BCUT2D eigenvalue weighted by Crippen LogP contribution is -2.31. The zero-order chi connectivity index (χ0) is 13.8. The topological polar surface area (TPSA) is 28.2 Å². The first-order chi connectivity index (χ1) is 9.11. The van der Waals surface area contributed by atoms with Crippen LogP contribution in [0.1, 0.15) is 44.4 Å². The summed E-state index contributed by atoms with van der Waals surface area (Å²) in [6.07, 6.45) is 3.93. The van der Waals surface area contributed by atoms with Gasteiger partial charge in [0.05, 0.1) is 0 Å². The molecule has 1 heterocycles. The average Bonchev–Trinajstić information content (AvgIpc) is 3.21. The lowest BCUT2D eigenvalue weighted by molar-refractivity contribution is 0.602. The van der Waals surface area contributed by atoms with Crippen LogP contribution in [-0.4, -0.2) is 24.6 Å². The van der Waals surface area contributed by atoms with Crippen molar-refractivity contribution in [3.05, 3.63) is 23.4 Å². The molecule has 2 rings (SSSR count). The third-order valence-corrected chi connectivity index (χ3v) is 4.03. The zero-order valence-corrected chi connectivity index (χ0v) is 12.7. The molecule has 0 radical (unpaired) electrons. The molecule has 0 spiro atoms. The van der Waals surface area contributed by atoms with Crippen LogP contribution in [0, 0.1) is 12.8 Å². The van der Waals surface area contributed by atoms with Gasteiger partial charge in [-0.25, -0.2) is 4.98 Å². The molecule has 0 aromatic carbocycles. The number of anilines is 1. The number of rotatable bonds is 7. The van der Waals surface area contributed by atoms with E-state index < -0.39 is 0 Å². The summed E-state index contributed by atoms with van der Waals surface area (Å²) in [7, 11) is 2.17. The van der Waals surface area contributed by atoms with E-state index in [0.717, 1.165) is 30.5 Å². The monoisotopic (exact) mass is 261 g/mol. The van der Waals surface area contributed by atoms with E-state index in [1.165, 1.54) is 24.8 Å². The summed E-state index contributed by atoms with van der Waals surface area (Å²) in [6, 6.07) is 5.02. The molecule has 3 nitrogen and oxygen atoms in total. The SMILES string of the molecule is CCCNCc1cc(C)nc(N(C)C(C)C2CC2)c1. The van der Waals surface area contributed by atoms with Crippen LogP contribution in [0.15, 0.2) is 12.1 Å². The highest BCUT2D eigenvalue weighted by molar-refractivity contribution is 5.43. The Morgan fingerprint density at radius 2 is 2.16 bits per heavy atom. The van der Waals surface area contributed by atoms with Crippen molar-refractivity contribution in [1.82, 2.24) is 10.3 Å². The van der Waals surface area contributed by atoms with E-state index in [9.17, 15) is 0 Å². The molecular weight excluding hydrogens is 234 g/mol. The van der Waals surface area contributed by atoms with Gasteiger partial charge in [-0.3, -0.25) is 0 Å². The van der Waals surface area contributed by atoms with Gasteiger partial charge >= 0.3 is 0 Å². The molecule has 0 aliphatic heterocycles. The Labute approximate surface area is 117 Å². The fraction of sp³-hybridized carbons (Fsp3) is 0.688. The van der Waals surface area contributed by atoms with Crippen molar-refractivity contribution in [3.8, 4) is 0 Å². The molecule has 1 atom stereocenters. The number of hydrogen-bond acceptors (Lipinski definition) is 3. The van der Waals surface area contributed by atoms with Gasteiger partial charge in [-0.1, -0.05) is 6.92 Å². The Kier molecular flexibility index (Phi) is 4.81. The summed E-state index contributed by atoms with van der Waals surface area (Å²) >= 11 is 0. The Morgan fingerprint density at radius 3 is 2.79 bits per heavy atom. The molecule has 1 aromatic heterocycles. The summed E-state index contributed by atoms with van der Waals surface area (Å²) in [4.78, 5) is 7.03. The third kappa shape index (κ3) is 3.93. The highest BCUT2D eigenvalue weighted by atomic mass is 15.2. The molecule has 1 saturated carbocycles. The number of nitrogens with one attached hydrogen (secondary N) is 1. The second-order valence-electron chi connectivity index (χ2n) is 5.84. The van der Waals surface area contributed by atoms with E-state index in [1.807, 2.05) is 0 Å². The van der Waals surface area contributed by atoms with Crippen LogP contribution in [-0.2, 0) is 6.54 Å². The Bertz CT molecular complexity index is 412. The number of hydrogen-bond donors (Lipinski definition) is 1. The summed E-state index contributed by atoms with van der Waals surface area (Å²) in [5.41, 5.74) is 2.45. The van der Waals surface area contributed by atoms with Crippen molar-refractivity contribution >= 4 is 5.82 Å². The first kappa shape index (κ1) is 14.3. The molecule has 1 aliphatic rings. The molecule has 3 heteroatoms. The second kappa shape index (κ2) is 6.38. The number of nitrogens with zero attached hydrogens (tertiary/aromatic N) is 2. The first-order valence-corrected chi connectivity index (χ1v) is 7.53. The van der Waals surface area contributed by atoms with Crippen LogP contribution < -0.4 is 10.2 Å². The largest absolute Gasteiger partial charge is 0.357 e. The van der Waals surface area contributed by atoms with E-state index in [2.05, 4.69) is 50.2 Å². The summed E-state index contributed by atoms with van der Waals surface area (Å²) in [5.74, 6) is 1.99. The molecule has 1 unspecified atom stereocenters. The van der Waals surface area contributed by atoms with Gasteiger partial charge < -0.3 is 10.2 Å². The van der Waals surface area contributed by atoms with E-state index in [-0.39, 0.29) is 0 Å². The molecule has 106 valence electrons. The van der Waals surface area contributed by atoms with Gasteiger partial charge in [-0.05, 0) is 63.3 Å². The lowest BCUT2D eigenvalue weighted by Gasteiger charge is -2.26. The quantitative estimate of drug-likeness (QED) is 0.764. The second-order valence-corrected chi connectivity index (χ2v) is 5.84. The van der Waals surface area contributed by atoms with Crippen LogP contribution in [0.2, 0.25) is 0 Å². The van der Waals surface area contributed by atoms with E-state index in [0.29, 0.717) is 6.04 Å². The molecule has 0 amide bonds. The van der Waals surface area contributed by atoms with Crippen molar-refractivity contribution in [2.24, 2.45) is 5.92 Å². The number of aromatic nitrogens is 1. The van der Waals surface area contributed by atoms with Gasteiger partial charge in [0.15, 0.2) is 0 Å². The van der Waals surface area contributed by atoms with Gasteiger partial charge in [0.2, 0.25) is 0 Å². The van der Waals surface area contributed by atoms with Gasteiger partial charge in [-0.15, -0.1) is 0 Å². The fourth-order valence-corrected chi connectivity index (χ4v) is 2.52. The molecular formula is C16H27N3. The van der Waals surface area contributed by atoms with Crippen LogP contribution in [0.3, 0.4) is 0 Å². The van der Waals surface area contributed by atoms with Crippen molar-refractivity contribution in [3.63, 3.8) is 0 Å². The maximum atomic E-state index is 4.69. The molecule has 0 bridgehead atoms. The van der Waals surface area contributed by atoms with Gasteiger partial charge in [0.1, 0.15) is 5.82 Å². The van der Waals surface area contributed by atoms with Crippen LogP contribution >= 0.6 is 0 Å². The minimum Gasteiger partial charge on any atom is -0.357 e. The Balaban J connectivity index is 2.06. The van der Waals surface area contributed by atoms with Crippen LogP contribution in [0.5, 0.6) is 0 Å².